The zero-order chi connectivity index (χ0) is 19.8. The van der Waals surface area contributed by atoms with Gasteiger partial charge < -0.3 is 10.7 Å². The SMILES string of the molecule is Nc1ncnc2cc(CN3CCN(Cc4nc5ccc(Br)cc5[nH]4)CC3)ccc12. The average Bonchev–Trinajstić information content (AvgIpc) is 3.11. The Morgan fingerprint density at radius 1 is 0.931 bits per heavy atom. The maximum atomic E-state index is 5.92. The number of aromatic nitrogens is 4. The normalized spacial score (nSPS) is 16.0. The van der Waals surface area contributed by atoms with Gasteiger partial charge in [0.05, 0.1) is 23.1 Å². The van der Waals surface area contributed by atoms with Crippen LogP contribution in [0.15, 0.2) is 47.2 Å². The summed E-state index contributed by atoms with van der Waals surface area (Å²) in [5, 5.41) is 0.916. The molecule has 148 valence electrons. The number of hydrogen-bond acceptors (Lipinski definition) is 6. The van der Waals surface area contributed by atoms with Crippen molar-refractivity contribution in [2.24, 2.45) is 0 Å². The topological polar surface area (TPSA) is 87.0 Å². The van der Waals surface area contributed by atoms with E-state index >= 15 is 0 Å². The second-order valence-electron chi connectivity index (χ2n) is 7.51. The number of nitrogens with one attached hydrogen (secondary N) is 1. The Bertz CT molecular complexity index is 1160. The third kappa shape index (κ3) is 3.96. The maximum absolute atomic E-state index is 5.92. The van der Waals surface area contributed by atoms with E-state index < -0.39 is 0 Å². The number of halogens is 1. The Labute approximate surface area is 177 Å². The molecule has 0 amide bonds. The van der Waals surface area contributed by atoms with E-state index in [1.165, 1.54) is 11.9 Å². The Hall–Kier alpha value is -2.55. The van der Waals surface area contributed by atoms with Crippen LogP contribution in [0.3, 0.4) is 0 Å². The number of rotatable bonds is 4. The molecule has 1 fully saturated rings. The van der Waals surface area contributed by atoms with Gasteiger partial charge in [-0.15, -0.1) is 0 Å². The maximum Gasteiger partial charge on any atom is 0.134 e. The molecule has 0 spiro atoms. The molecule has 2 aromatic heterocycles. The summed E-state index contributed by atoms with van der Waals surface area (Å²) >= 11 is 3.51. The number of nitrogen functional groups attached to an aromatic ring is 1. The van der Waals surface area contributed by atoms with Crippen LogP contribution in [0.25, 0.3) is 21.9 Å². The van der Waals surface area contributed by atoms with Crippen molar-refractivity contribution in [3.8, 4) is 0 Å². The van der Waals surface area contributed by atoms with Gasteiger partial charge >= 0.3 is 0 Å². The molecule has 29 heavy (non-hydrogen) atoms. The largest absolute Gasteiger partial charge is 0.383 e. The van der Waals surface area contributed by atoms with E-state index in [4.69, 9.17) is 10.7 Å². The van der Waals surface area contributed by atoms with Crippen molar-refractivity contribution < 1.29 is 0 Å². The van der Waals surface area contributed by atoms with E-state index in [9.17, 15) is 0 Å². The van der Waals surface area contributed by atoms with Crippen LogP contribution in [0.2, 0.25) is 0 Å². The molecule has 0 bridgehead atoms. The quantitative estimate of drug-likeness (QED) is 0.495. The van der Waals surface area contributed by atoms with Crippen molar-refractivity contribution in [1.29, 1.82) is 0 Å². The summed E-state index contributed by atoms with van der Waals surface area (Å²) in [6.45, 7) is 5.91. The number of imidazole rings is 1. The lowest BCUT2D eigenvalue weighted by Gasteiger charge is -2.34. The summed E-state index contributed by atoms with van der Waals surface area (Å²) in [5.74, 6) is 1.56. The van der Waals surface area contributed by atoms with Gasteiger partial charge in [0.15, 0.2) is 0 Å². The van der Waals surface area contributed by atoms with Crippen LogP contribution in [-0.2, 0) is 13.1 Å². The van der Waals surface area contributed by atoms with Crippen molar-refractivity contribution in [2.45, 2.75) is 13.1 Å². The molecule has 4 aromatic rings. The molecule has 8 heteroatoms. The zero-order valence-electron chi connectivity index (χ0n) is 16.0. The van der Waals surface area contributed by atoms with Crippen LogP contribution >= 0.6 is 15.9 Å². The smallest absolute Gasteiger partial charge is 0.134 e. The molecular formula is C21H22BrN7. The molecule has 3 N–H and O–H groups in total. The summed E-state index contributed by atoms with van der Waals surface area (Å²) in [4.78, 5) is 21.5. The molecule has 0 saturated carbocycles. The molecule has 1 aliphatic heterocycles. The van der Waals surface area contributed by atoms with Gasteiger partial charge in [-0.3, -0.25) is 9.80 Å². The standard InChI is InChI=1S/C21H22BrN7/c22-15-2-4-17-19(10-15)27-20(26-17)12-29-7-5-28(6-8-29)11-14-1-3-16-18(9-14)24-13-25-21(16)23/h1-4,9-10,13H,5-8,11-12H2,(H,26,27)(H2,23,24,25). The fraction of sp³-hybridized carbons (Fsp3) is 0.286. The zero-order valence-corrected chi connectivity index (χ0v) is 17.6. The minimum absolute atomic E-state index is 0.535. The van der Waals surface area contributed by atoms with E-state index in [2.05, 4.69) is 58.9 Å². The van der Waals surface area contributed by atoms with Crippen molar-refractivity contribution in [3.05, 3.63) is 58.6 Å². The van der Waals surface area contributed by atoms with Crippen LogP contribution in [0.4, 0.5) is 5.82 Å². The van der Waals surface area contributed by atoms with Crippen molar-refractivity contribution in [2.75, 3.05) is 31.9 Å². The van der Waals surface area contributed by atoms with Crippen LogP contribution < -0.4 is 5.73 Å². The lowest BCUT2D eigenvalue weighted by molar-refractivity contribution is 0.120. The third-order valence-corrected chi connectivity index (χ3v) is 5.96. The predicted octanol–water partition coefficient (Wildman–Crippen LogP) is 3.17. The van der Waals surface area contributed by atoms with Crippen molar-refractivity contribution in [3.63, 3.8) is 0 Å². The molecule has 0 unspecified atom stereocenters. The first-order chi connectivity index (χ1) is 14.1. The first-order valence-corrected chi connectivity index (χ1v) is 10.5. The predicted molar refractivity (Wildman–Crippen MR) is 118 cm³/mol. The Kier molecular flexibility index (Phi) is 4.91. The van der Waals surface area contributed by atoms with E-state index in [1.54, 1.807) is 0 Å². The molecule has 1 aliphatic rings. The van der Waals surface area contributed by atoms with Crippen LogP contribution in [0.5, 0.6) is 0 Å². The molecule has 7 nitrogen and oxygen atoms in total. The minimum atomic E-state index is 0.535. The van der Waals surface area contributed by atoms with Gasteiger partial charge in [-0.2, -0.15) is 0 Å². The summed E-state index contributed by atoms with van der Waals surface area (Å²) in [7, 11) is 0. The highest BCUT2D eigenvalue weighted by atomic mass is 79.9. The first kappa shape index (κ1) is 18.5. The molecule has 0 aliphatic carbocycles. The molecular weight excluding hydrogens is 430 g/mol. The van der Waals surface area contributed by atoms with Crippen LogP contribution in [0, 0.1) is 0 Å². The number of anilines is 1. The van der Waals surface area contributed by atoms with E-state index in [0.29, 0.717) is 5.82 Å². The monoisotopic (exact) mass is 451 g/mol. The van der Waals surface area contributed by atoms with Gasteiger partial charge in [-0.1, -0.05) is 22.0 Å². The molecule has 0 atom stereocenters. The van der Waals surface area contributed by atoms with Gasteiger partial charge in [0.1, 0.15) is 18.0 Å². The van der Waals surface area contributed by atoms with Crippen LogP contribution in [0.1, 0.15) is 11.4 Å². The fourth-order valence-corrected chi connectivity index (χ4v) is 4.27. The highest BCUT2D eigenvalue weighted by Gasteiger charge is 2.18. The molecule has 2 aromatic carbocycles. The number of hydrogen-bond donors (Lipinski definition) is 2. The lowest BCUT2D eigenvalue weighted by atomic mass is 10.1. The fourth-order valence-electron chi connectivity index (χ4n) is 3.91. The highest BCUT2D eigenvalue weighted by Crippen LogP contribution is 2.20. The number of fused-ring (bicyclic) bond motifs is 2. The highest BCUT2D eigenvalue weighted by molar-refractivity contribution is 9.10. The van der Waals surface area contributed by atoms with Gasteiger partial charge in [0.2, 0.25) is 0 Å². The number of nitrogens with zero attached hydrogens (tertiary/aromatic N) is 5. The Morgan fingerprint density at radius 2 is 1.72 bits per heavy atom. The number of aromatic amines is 1. The van der Waals surface area contributed by atoms with E-state index in [1.807, 2.05) is 18.2 Å². The van der Waals surface area contributed by atoms with Gasteiger partial charge in [-0.05, 0) is 35.9 Å². The van der Waals surface area contributed by atoms with Gasteiger partial charge in [0, 0.05) is 42.6 Å². The molecule has 0 radical (unpaired) electrons. The summed E-state index contributed by atoms with van der Waals surface area (Å²) in [6.07, 6.45) is 1.52. The molecule has 5 rings (SSSR count). The second-order valence-corrected chi connectivity index (χ2v) is 8.42. The summed E-state index contributed by atoms with van der Waals surface area (Å²) in [5.41, 5.74) is 10.2. The van der Waals surface area contributed by atoms with Gasteiger partial charge in [-0.25, -0.2) is 15.0 Å². The average molecular weight is 452 g/mol. The number of nitrogens with two attached hydrogens (primary N) is 1. The third-order valence-electron chi connectivity index (χ3n) is 5.47. The summed E-state index contributed by atoms with van der Waals surface area (Å²) < 4.78 is 1.07. The lowest BCUT2D eigenvalue weighted by Crippen LogP contribution is -2.45. The Balaban J connectivity index is 1.20. The van der Waals surface area contributed by atoms with E-state index in [0.717, 1.165) is 71.5 Å². The minimum Gasteiger partial charge on any atom is -0.383 e. The van der Waals surface area contributed by atoms with E-state index in [-0.39, 0.29) is 0 Å². The first-order valence-electron chi connectivity index (χ1n) is 9.72. The molecule has 3 heterocycles. The van der Waals surface area contributed by atoms with Crippen LogP contribution in [-0.4, -0.2) is 55.9 Å². The van der Waals surface area contributed by atoms with Crippen molar-refractivity contribution in [1.82, 2.24) is 29.7 Å². The van der Waals surface area contributed by atoms with Gasteiger partial charge in [0.25, 0.3) is 0 Å². The summed E-state index contributed by atoms with van der Waals surface area (Å²) in [6, 6.07) is 12.4. The number of H-pyrrole nitrogens is 1. The number of benzene rings is 2. The number of piperazine rings is 1. The van der Waals surface area contributed by atoms with Crippen molar-refractivity contribution >= 4 is 43.7 Å². The molecule has 1 saturated heterocycles. The second kappa shape index (κ2) is 7.70. The Morgan fingerprint density at radius 3 is 2.55 bits per heavy atom.